The van der Waals surface area contributed by atoms with E-state index in [4.69, 9.17) is 4.74 Å². The molecule has 0 saturated heterocycles. The summed E-state index contributed by atoms with van der Waals surface area (Å²) in [5.74, 6) is -0.111. The van der Waals surface area contributed by atoms with Crippen LogP contribution in [0.1, 0.15) is 37.9 Å². The molecule has 0 radical (unpaired) electrons. The lowest BCUT2D eigenvalue weighted by Gasteiger charge is -2.27. The van der Waals surface area contributed by atoms with Gasteiger partial charge in [0.2, 0.25) is 0 Å². The Bertz CT molecular complexity index is 680. The Labute approximate surface area is 136 Å². The summed E-state index contributed by atoms with van der Waals surface area (Å²) in [6.45, 7) is 7.33. The summed E-state index contributed by atoms with van der Waals surface area (Å²) < 4.78 is 18.6. The first kappa shape index (κ1) is 17.0. The number of halogens is 1. The van der Waals surface area contributed by atoms with E-state index >= 15 is 0 Å². The fourth-order valence-corrected chi connectivity index (χ4v) is 2.36. The first-order valence-corrected chi connectivity index (χ1v) is 7.60. The van der Waals surface area contributed by atoms with Gasteiger partial charge >= 0.3 is 0 Å². The van der Waals surface area contributed by atoms with Crippen molar-refractivity contribution in [1.29, 1.82) is 0 Å². The van der Waals surface area contributed by atoms with E-state index in [0.717, 1.165) is 11.1 Å². The quantitative estimate of drug-likeness (QED) is 0.899. The number of benzene rings is 2. The molecule has 0 fully saturated rings. The Morgan fingerprint density at radius 1 is 1.13 bits per heavy atom. The zero-order chi connectivity index (χ0) is 17.0. The van der Waals surface area contributed by atoms with Crippen LogP contribution in [0.25, 0.3) is 0 Å². The van der Waals surface area contributed by atoms with Crippen molar-refractivity contribution in [2.75, 3.05) is 0 Å². The molecular weight excluding hydrogens is 293 g/mol. The maximum absolute atomic E-state index is 12.9. The first-order valence-electron chi connectivity index (χ1n) is 7.60. The Kier molecular flexibility index (Phi) is 5.04. The minimum absolute atomic E-state index is 0.125. The van der Waals surface area contributed by atoms with Crippen molar-refractivity contribution in [1.82, 2.24) is 5.32 Å². The van der Waals surface area contributed by atoms with Crippen LogP contribution in [0, 0.1) is 12.7 Å². The second-order valence-electron chi connectivity index (χ2n) is 6.12. The fourth-order valence-electron chi connectivity index (χ4n) is 2.36. The second kappa shape index (κ2) is 6.82. The van der Waals surface area contributed by atoms with Crippen LogP contribution in [-0.2, 0) is 4.79 Å². The number of amides is 1. The van der Waals surface area contributed by atoms with Gasteiger partial charge in [0.1, 0.15) is 11.6 Å². The fraction of sp³-hybridized carbons (Fsp3) is 0.316. The SMILES string of the molecule is Cc1ccccc1C(C)NC(=O)C(C)(C)Oc1ccc(F)cc1. The molecule has 0 aliphatic rings. The van der Waals surface area contributed by atoms with Gasteiger partial charge in [-0.15, -0.1) is 0 Å². The highest BCUT2D eigenvalue weighted by atomic mass is 19.1. The van der Waals surface area contributed by atoms with E-state index in [2.05, 4.69) is 5.32 Å². The molecule has 122 valence electrons. The van der Waals surface area contributed by atoms with Gasteiger partial charge in [-0.3, -0.25) is 4.79 Å². The Morgan fingerprint density at radius 2 is 1.74 bits per heavy atom. The highest BCUT2D eigenvalue weighted by Crippen LogP contribution is 2.21. The van der Waals surface area contributed by atoms with Gasteiger partial charge < -0.3 is 10.1 Å². The normalized spacial score (nSPS) is 12.6. The summed E-state index contributed by atoms with van der Waals surface area (Å²) in [6.07, 6.45) is 0. The molecule has 1 unspecified atom stereocenters. The van der Waals surface area contributed by atoms with Crippen LogP contribution in [0.4, 0.5) is 4.39 Å². The molecule has 1 atom stereocenters. The Morgan fingerprint density at radius 3 is 2.35 bits per heavy atom. The van der Waals surface area contributed by atoms with Crippen LogP contribution in [0.2, 0.25) is 0 Å². The zero-order valence-corrected chi connectivity index (χ0v) is 13.9. The average Bonchev–Trinajstić information content (AvgIpc) is 2.49. The van der Waals surface area contributed by atoms with Crippen LogP contribution in [0.3, 0.4) is 0 Å². The molecule has 2 aromatic carbocycles. The van der Waals surface area contributed by atoms with Crippen molar-refractivity contribution in [3.63, 3.8) is 0 Å². The first-order chi connectivity index (χ1) is 10.8. The van der Waals surface area contributed by atoms with Crippen molar-refractivity contribution >= 4 is 5.91 Å². The Balaban J connectivity index is 2.06. The lowest BCUT2D eigenvalue weighted by atomic mass is 10.0. The summed E-state index contributed by atoms with van der Waals surface area (Å²) >= 11 is 0. The average molecular weight is 315 g/mol. The monoisotopic (exact) mass is 315 g/mol. The predicted molar refractivity (Wildman–Crippen MR) is 88.8 cm³/mol. The van der Waals surface area contributed by atoms with Crippen molar-refractivity contribution in [2.24, 2.45) is 0 Å². The molecule has 0 aromatic heterocycles. The molecule has 23 heavy (non-hydrogen) atoms. The third kappa shape index (κ3) is 4.31. The van der Waals surface area contributed by atoms with Crippen molar-refractivity contribution in [2.45, 2.75) is 39.3 Å². The third-order valence-electron chi connectivity index (χ3n) is 3.74. The second-order valence-corrected chi connectivity index (χ2v) is 6.12. The van der Waals surface area contributed by atoms with Crippen LogP contribution in [0.5, 0.6) is 5.75 Å². The standard InChI is InChI=1S/C19H22FNO2/c1-13-7-5-6-8-17(13)14(2)21-18(22)19(3,4)23-16-11-9-15(20)10-12-16/h5-12,14H,1-4H3,(H,21,22). The lowest BCUT2D eigenvalue weighted by Crippen LogP contribution is -2.47. The molecule has 4 heteroatoms. The van der Waals surface area contributed by atoms with E-state index in [0.29, 0.717) is 5.75 Å². The van der Waals surface area contributed by atoms with Crippen LogP contribution in [-0.4, -0.2) is 11.5 Å². The largest absolute Gasteiger partial charge is 0.478 e. The summed E-state index contributed by atoms with van der Waals surface area (Å²) in [4.78, 5) is 12.5. The number of carbonyl (C=O) groups is 1. The summed E-state index contributed by atoms with van der Waals surface area (Å²) in [6, 6.07) is 13.4. The summed E-state index contributed by atoms with van der Waals surface area (Å²) in [5.41, 5.74) is 1.13. The summed E-state index contributed by atoms with van der Waals surface area (Å²) in [7, 11) is 0. The number of aryl methyl sites for hydroxylation is 1. The van der Waals surface area contributed by atoms with E-state index in [1.54, 1.807) is 13.8 Å². The van der Waals surface area contributed by atoms with Gasteiger partial charge in [-0.2, -0.15) is 0 Å². The predicted octanol–water partition coefficient (Wildman–Crippen LogP) is 4.17. The maximum atomic E-state index is 12.9. The molecule has 0 saturated carbocycles. The van der Waals surface area contributed by atoms with Gasteiger partial charge in [-0.05, 0) is 63.1 Å². The van der Waals surface area contributed by atoms with Gasteiger partial charge in [0.25, 0.3) is 5.91 Å². The molecule has 0 aliphatic carbocycles. The van der Waals surface area contributed by atoms with Gasteiger partial charge in [0.15, 0.2) is 5.60 Å². The highest BCUT2D eigenvalue weighted by Gasteiger charge is 2.31. The number of nitrogens with one attached hydrogen (secondary N) is 1. The minimum atomic E-state index is -1.06. The van der Waals surface area contributed by atoms with E-state index in [1.807, 2.05) is 38.1 Å². The summed E-state index contributed by atoms with van der Waals surface area (Å²) in [5, 5.41) is 2.97. The molecule has 1 N–H and O–H groups in total. The van der Waals surface area contributed by atoms with Crippen molar-refractivity contribution < 1.29 is 13.9 Å². The molecule has 2 aromatic rings. The van der Waals surface area contributed by atoms with Crippen molar-refractivity contribution in [3.8, 4) is 5.75 Å². The number of hydrogen-bond donors (Lipinski definition) is 1. The molecule has 3 nitrogen and oxygen atoms in total. The van der Waals surface area contributed by atoms with Crippen LogP contribution >= 0.6 is 0 Å². The molecule has 0 bridgehead atoms. The van der Waals surface area contributed by atoms with Gasteiger partial charge in [-0.25, -0.2) is 4.39 Å². The number of rotatable bonds is 5. The number of hydrogen-bond acceptors (Lipinski definition) is 2. The van der Waals surface area contributed by atoms with E-state index in [9.17, 15) is 9.18 Å². The maximum Gasteiger partial charge on any atom is 0.264 e. The molecule has 0 heterocycles. The van der Waals surface area contributed by atoms with E-state index in [-0.39, 0.29) is 17.8 Å². The van der Waals surface area contributed by atoms with Crippen LogP contribution in [0.15, 0.2) is 48.5 Å². The smallest absolute Gasteiger partial charge is 0.264 e. The lowest BCUT2D eigenvalue weighted by molar-refractivity contribution is -0.134. The van der Waals surface area contributed by atoms with Gasteiger partial charge in [0, 0.05) is 0 Å². The van der Waals surface area contributed by atoms with E-state index < -0.39 is 5.60 Å². The molecule has 2 rings (SSSR count). The number of carbonyl (C=O) groups excluding carboxylic acids is 1. The van der Waals surface area contributed by atoms with Gasteiger partial charge in [0.05, 0.1) is 6.04 Å². The number of ether oxygens (including phenoxy) is 1. The third-order valence-corrected chi connectivity index (χ3v) is 3.74. The minimum Gasteiger partial charge on any atom is -0.478 e. The topological polar surface area (TPSA) is 38.3 Å². The Hall–Kier alpha value is -2.36. The molecule has 0 aliphatic heterocycles. The van der Waals surface area contributed by atoms with Gasteiger partial charge in [-0.1, -0.05) is 24.3 Å². The molecule has 1 amide bonds. The van der Waals surface area contributed by atoms with Crippen LogP contribution < -0.4 is 10.1 Å². The molecule has 0 spiro atoms. The highest BCUT2D eigenvalue weighted by molar-refractivity contribution is 5.85. The zero-order valence-electron chi connectivity index (χ0n) is 13.9. The van der Waals surface area contributed by atoms with Crippen molar-refractivity contribution in [3.05, 3.63) is 65.5 Å². The van der Waals surface area contributed by atoms with E-state index in [1.165, 1.54) is 24.3 Å². The molecular formula is C19H22FNO2.